The molecule has 0 bridgehead atoms. The van der Waals surface area contributed by atoms with Crippen LogP contribution in [0.5, 0.6) is 0 Å². The molecule has 0 saturated carbocycles. The molecule has 0 aromatic carbocycles. The Labute approximate surface area is 125 Å². The van der Waals surface area contributed by atoms with Gasteiger partial charge in [0, 0.05) is 27.3 Å². The summed E-state index contributed by atoms with van der Waals surface area (Å²) in [4.78, 5) is 5.72. The average Bonchev–Trinajstić information content (AvgIpc) is 2.69. The second-order valence-corrected chi connectivity index (χ2v) is 6.55. The van der Waals surface area contributed by atoms with E-state index in [1.807, 2.05) is 14.1 Å². The second kappa shape index (κ2) is 5.37. The summed E-state index contributed by atoms with van der Waals surface area (Å²) in [6.07, 6.45) is 3.04. The first-order valence-electron chi connectivity index (χ1n) is 5.52. The lowest BCUT2D eigenvalue weighted by molar-refractivity contribution is 0.578. The predicted octanol–water partition coefficient (Wildman–Crippen LogP) is 0.839. The van der Waals surface area contributed by atoms with Gasteiger partial charge in [-0.25, -0.2) is 4.68 Å². The molecule has 10 heteroatoms. The standard InChI is InChI=1S/C10H13BrN6O2S/c1-16(2)8-4-5-12-6-7(8)14-20(18,19)10-9(11)13-15-17(10)3/h4-6,14H,1-3H3. The van der Waals surface area contributed by atoms with Crippen LogP contribution in [0.1, 0.15) is 0 Å². The van der Waals surface area contributed by atoms with Gasteiger partial charge in [0.2, 0.25) is 5.03 Å². The number of nitrogens with zero attached hydrogens (tertiary/aromatic N) is 5. The van der Waals surface area contributed by atoms with Crippen LogP contribution >= 0.6 is 15.9 Å². The highest BCUT2D eigenvalue weighted by Gasteiger charge is 2.25. The number of aromatic nitrogens is 4. The lowest BCUT2D eigenvalue weighted by Gasteiger charge is -2.17. The fourth-order valence-corrected chi connectivity index (χ4v) is 3.81. The van der Waals surface area contributed by atoms with Crippen molar-refractivity contribution in [1.29, 1.82) is 0 Å². The lowest BCUT2D eigenvalue weighted by Crippen LogP contribution is -2.20. The molecule has 0 spiro atoms. The smallest absolute Gasteiger partial charge is 0.282 e. The van der Waals surface area contributed by atoms with E-state index in [0.29, 0.717) is 11.4 Å². The summed E-state index contributed by atoms with van der Waals surface area (Å²) in [5.41, 5.74) is 1.08. The van der Waals surface area contributed by atoms with Crippen molar-refractivity contribution in [1.82, 2.24) is 20.0 Å². The Bertz CT molecular complexity index is 708. The minimum Gasteiger partial charge on any atom is -0.376 e. The highest BCUT2D eigenvalue weighted by Crippen LogP contribution is 2.27. The van der Waals surface area contributed by atoms with Crippen molar-refractivity contribution in [3.8, 4) is 0 Å². The molecule has 2 aromatic heterocycles. The number of hydrogen-bond acceptors (Lipinski definition) is 6. The van der Waals surface area contributed by atoms with E-state index in [2.05, 4.69) is 35.9 Å². The van der Waals surface area contributed by atoms with Gasteiger partial charge in [-0.2, -0.15) is 8.42 Å². The van der Waals surface area contributed by atoms with Crippen molar-refractivity contribution in [2.24, 2.45) is 7.05 Å². The molecule has 20 heavy (non-hydrogen) atoms. The maximum Gasteiger partial charge on any atom is 0.282 e. The molecule has 0 unspecified atom stereocenters. The van der Waals surface area contributed by atoms with Crippen molar-refractivity contribution in [2.75, 3.05) is 23.7 Å². The molecule has 108 valence electrons. The monoisotopic (exact) mass is 360 g/mol. The minimum absolute atomic E-state index is 0.0499. The first-order chi connectivity index (χ1) is 9.33. The summed E-state index contributed by atoms with van der Waals surface area (Å²) in [6.45, 7) is 0. The lowest BCUT2D eigenvalue weighted by atomic mass is 10.3. The quantitative estimate of drug-likeness (QED) is 0.868. The zero-order valence-electron chi connectivity index (χ0n) is 11.1. The van der Waals surface area contributed by atoms with Gasteiger partial charge >= 0.3 is 0 Å². The van der Waals surface area contributed by atoms with Gasteiger partial charge < -0.3 is 4.90 Å². The Balaban J connectivity index is 2.45. The molecule has 0 atom stereocenters. The van der Waals surface area contributed by atoms with Crippen LogP contribution in [0.25, 0.3) is 0 Å². The fraction of sp³-hybridized carbons (Fsp3) is 0.300. The maximum atomic E-state index is 12.4. The molecule has 1 N–H and O–H groups in total. The predicted molar refractivity (Wildman–Crippen MR) is 78.1 cm³/mol. The third-order valence-electron chi connectivity index (χ3n) is 2.52. The van der Waals surface area contributed by atoms with E-state index >= 15 is 0 Å². The third kappa shape index (κ3) is 2.75. The summed E-state index contributed by atoms with van der Waals surface area (Å²) >= 11 is 3.07. The van der Waals surface area contributed by atoms with Crippen LogP contribution in [0.2, 0.25) is 0 Å². The second-order valence-electron chi connectivity index (χ2n) is 4.20. The molecule has 0 amide bonds. The highest BCUT2D eigenvalue weighted by molar-refractivity contribution is 9.10. The van der Waals surface area contributed by atoms with Crippen LogP contribution in [0.4, 0.5) is 11.4 Å². The average molecular weight is 361 g/mol. The SMILES string of the molecule is CN(C)c1ccncc1NS(=O)(=O)c1c(Br)nnn1C. The van der Waals surface area contributed by atoms with E-state index in [9.17, 15) is 8.42 Å². The number of pyridine rings is 1. The molecule has 0 aliphatic heterocycles. The number of nitrogens with one attached hydrogen (secondary N) is 1. The highest BCUT2D eigenvalue weighted by atomic mass is 79.9. The van der Waals surface area contributed by atoms with Gasteiger partial charge in [-0.05, 0) is 22.0 Å². The van der Waals surface area contributed by atoms with Crippen LogP contribution in [-0.2, 0) is 17.1 Å². The molecule has 8 nitrogen and oxygen atoms in total. The number of rotatable bonds is 4. The minimum atomic E-state index is -3.81. The number of aryl methyl sites for hydroxylation is 1. The van der Waals surface area contributed by atoms with Gasteiger partial charge in [-0.15, -0.1) is 5.10 Å². The van der Waals surface area contributed by atoms with Crippen molar-refractivity contribution < 1.29 is 8.42 Å². The summed E-state index contributed by atoms with van der Waals surface area (Å²) in [5.74, 6) is 0. The van der Waals surface area contributed by atoms with E-state index in [-0.39, 0.29) is 9.63 Å². The molecule has 0 aliphatic carbocycles. The van der Waals surface area contributed by atoms with E-state index < -0.39 is 10.0 Å². The molecule has 0 radical (unpaired) electrons. The maximum absolute atomic E-state index is 12.4. The van der Waals surface area contributed by atoms with Gasteiger partial charge in [-0.3, -0.25) is 9.71 Å². The summed E-state index contributed by atoms with van der Waals surface area (Å²) in [6, 6.07) is 1.72. The van der Waals surface area contributed by atoms with E-state index in [0.717, 1.165) is 0 Å². The zero-order valence-corrected chi connectivity index (χ0v) is 13.5. The molecule has 2 heterocycles. The first-order valence-corrected chi connectivity index (χ1v) is 7.80. The molecule has 2 rings (SSSR count). The summed E-state index contributed by atoms with van der Waals surface area (Å²) < 4.78 is 28.6. The Kier molecular flexibility index (Phi) is 3.95. The largest absolute Gasteiger partial charge is 0.376 e. The Morgan fingerprint density at radius 1 is 1.40 bits per heavy atom. The number of halogens is 1. The van der Waals surface area contributed by atoms with Crippen LogP contribution < -0.4 is 9.62 Å². The molecular formula is C10H13BrN6O2S. The van der Waals surface area contributed by atoms with Crippen molar-refractivity contribution in [3.63, 3.8) is 0 Å². The zero-order chi connectivity index (χ0) is 14.9. The first kappa shape index (κ1) is 14.7. The Morgan fingerprint density at radius 2 is 2.10 bits per heavy atom. The molecule has 0 fully saturated rings. The van der Waals surface area contributed by atoms with Gasteiger partial charge in [0.25, 0.3) is 10.0 Å². The number of anilines is 2. The Hall–Kier alpha value is -1.68. The number of sulfonamides is 1. The summed E-state index contributed by atoms with van der Waals surface area (Å²) in [5, 5.41) is 7.27. The molecular weight excluding hydrogens is 348 g/mol. The summed E-state index contributed by atoms with van der Waals surface area (Å²) in [7, 11) is 1.32. The Morgan fingerprint density at radius 3 is 2.65 bits per heavy atom. The van der Waals surface area contributed by atoms with Gasteiger partial charge in [0.1, 0.15) is 0 Å². The van der Waals surface area contributed by atoms with E-state index in [1.54, 1.807) is 17.2 Å². The van der Waals surface area contributed by atoms with E-state index in [1.165, 1.54) is 17.9 Å². The van der Waals surface area contributed by atoms with Gasteiger partial charge in [-0.1, -0.05) is 5.21 Å². The van der Waals surface area contributed by atoms with Crippen LogP contribution in [0.15, 0.2) is 28.1 Å². The molecule has 2 aromatic rings. The van der Waals surface area contributed by atoms with Crippen molar-refractivity contribution >= 4 is 37.3 Å². The van der Waals surface area contributed by atoms with Crippen molar-refractivity contribution in [3.05, 3.63) is 23.1 Å². The fourth-order valence-electron chi connectivity index (χ4n) is 1.66. The third-order valence-corrected chi connectivity index (χ3v) is 4.77. The van der Waals surface area contributed by atoms with E-state index in [4.69, 9.17) is 0 Å². The van der Waals surface area contributed by atoms with Crippen molar-refractivity contribution in [2.45, 2.75) is 5.03 Å². The van der Waals surface area contributed by atoms with Crippen LogP contribution in [-0.4, -0.2) is 42.5 Å². The van der Waals surface area contributed by atoms with Gasteiger partial charge in [0.05, 0.1) is 17.6 Å². The van der Waals surface area contributed by atoms with Crippen LogP contribution in [0, 0.1) is 0 Å². The topological polar surface area (TPSA) is 93.0 Å². The van der Waals surface area contributed by atoms with Gasteiger partial charge in [0.15, 0.2) is 4.60 Å². The normalized spacial score (nSPS) is 11.4. The number of hydrogen-bond donors (Lipinski definition) is 1. The van der Waals surface area contributed by atoms with Crippen LogP contribution in [0.3, 0.4) is 0 Å². The molecule has 0 saturated heterocycles. The molecule has 0 aliphatic rings.